The van der Waals surface area contributed by atoms with Gasteiger partial charge in [-0.1, -0.05) is 59.3 Å². The third-order valence-electron chi connectivity index (χ3n) is 4.11. The quantitative estimate of drug-likeness (QED) is 0.421. The number of rotatable bonds is 11. The molecule has 3 heteroatoms. The van der Waals surface area contributed by atoms with Crippen LogP contribution in [-0.4, -0.2) is 8.32 Å². The fraction of sp³-hybridized carbons (Fsp3) is 0.667. The van der Waals surface area contributed by atoms with Gasteiger partial charge in [-0.05, 0) is 42.4 Å². The zero-order valence-corrected chi connectivity index (χ0v) is 15.0. The minimum Gasteiger partial charge on any atom is -0.543 e. The van der Waals surface area contributed by atoms with Crippen molar-refractivity contribution in [1.29, 1.82) is 0 Å². The van der Waals surface area contributed by atoms with Crippen LogP contribution in [-0.2, 0) is 0 Å². The Morgan fingerprint density at radius 2 is 1.24 bits per heavy atom. The zero-order valence-electron chi connectivity index (χ0n) is 14.0. The lowest BCUT2D eigenvalue weighted by atomic mass is 10.3. The van der Waals surface area contributed by atoms with Crippen molar-refractivity contribution in [2.24, 2.45) is 0 Å². The minimum absolute atomic E-state index is 0.190. The first-order chi connectivity index (χ1) is 10.2. The zero-order chi connectivity index (χ0) is 15.6. The van der Waals surface area contributed by atoms with Crippen molar-refractivity contribution in [3.63, 3.8) is 0 Å². The van der Waals surface area contributed by atoms with Gasteiger partial charge in [0.1, 0.15) is 11.6 Å². The van der Waals surface area contributed by atoms with Crippen LogP contribution in [0.4, 0.5) is 4.39 Å². The Bertz CT molecular complexity index is 356. The van der Waals surface area contributed by atoms with E-state index in [9.17, 15) is 4.39 Å². The van der Waals surface area contributed by atoms with Crippen LogP contribution in [0.2, 0.25) is 18.1 Å². The molecule has 0 aliphatic heterocycles. The molecule has 0 heterocycles. The minimum atomic E-state index is -1.74. The third kappa shape index (κ3) is 6.64. The lowest BCUT2D eigenvalue weighted by molar-refractivity contribution is 0.508. The van der Waals surface area contributed by atoms with Crippen LogP contribution in [0.5, 0.6) is 5.75 Å². The number of halogens is 1. The van der Waals surface area contributed by atoms with Gasteiger partial charge in [0.05, 0.1) is 0 Å². The molecule has 0 fully saturated rings. The van der Waals surface area contributed by atoms with Crippen LogP contribution >= 0.6 is 0 Å². The molecule has 0 aromatic heterocycles. The molecule has 1 nitrogen and oxygen atoms in total. The number of benzene rings is 1. The number of hydrogen-bond acceptors (Lipinski definition) is 1. The van der Waals surface area contributed by atoms with Crippen molar-refractivity contribution < 1.29 is 8.82 Å². The maximum Gasteiger partial charge on any atom is 0.251 e. The molecule has 120 valence electrons. The Morgan fingerprint density at radius 3 is 1.62 bits per heavy atom. The van der Waals surface area contributed by atoms with E-state index in [-0.39, 0.29) is 5.82 Å². The van der Waals surface area contributed by atoms with Crippen LogP contribution < -0.4 is 4.43 Å². The summed E-state index contributed by atoms with van der Waals surface area (Å²) < 4.78 is 19.6. The highest BCUT2D eigenvalue weighted by Crippen LogP contribution is 2.31. The first kappa shape index (κ1) is 18.2. The standard InChI is InChI=1S/C18H31FOSi/c1-4-7-14-21(15-8-5-2,16-9-6-3)20-18-12-10-17(19)11-13-18/h10-13H,4-9,14-16H2,1-3H3. The fourth-order valence-corrected chi connectivity index (χ4v) is 7.46. The number of unbranched alkanes of at least 4 members (excludes halogenated alkanes) is 3. The van der Waals surface area contributed by atoms with Crippen molar-refractivity contribution >= 4 is 8.32 Å². The average Bonchev–Trinajstić information content (AvgIpc) is 2.51. The van der Waals surface area contributed by atoms with E-state index in [2.05, 4.69) is 20.8 Å². The van der Waals surface area contributed by atoms with Crippen molar-refractivity contribution in [1.82, 2.24) is 0 Å². The molecule has 0 unspecified atom stereocenters. The highest BCUT2D eigenvalue weighted by Gasteiger charge is 2.35. The summed E-state index contributed by atoms with van der Waals surface area (Å²) in [6, 6.07) is 10.3. The van der Waals surface area contributed by atoms with Crippen molar-refractivity contribution in [3.05, 3.63) is 30.1 Å². The topological polar surface area (TPSA) is 9.23 Å². The molecular weight excluding hydrogens is 279 g/mol. The second kappa shape index (κ2) is 9.99. The summed E-state index contributed by atoms with van der Waals surface area (Å²) in [5.74, 6) is 0.677. The second-order valence-corrected chi connectivity index (χ2v) is 10.1. The molecule has 0 saturated carbocycles. The van der Waals surface area contributed by atoms with E-state index in [1.54, 1.807) is 12.1 Å². The van der Waals surface area contributed by atoms with Gasteiger partial charge in [-0.2, -0.15) is 0 Å². The summed E-state index contributed by atoms with van der Waals surface area (Å²) in [4.78, 5) is 0. The highest BCUT2D eigenvalue weighted by atomic mass is 28.4. The molecule has 0 bridgehead atoms. The molecule has 1 aromatic rings. The fourth-order valence-electron chi connectivity index (χ4n) is 2.78. The summed E-state index contributed by atoms with van der Waals surface area (Å²) in [7, 11) is -1.74. The molecule has 1 aromatic carbocycles. The van der Waals surface area contributed by atoms with E-state index in [0.29, 0.717) is 0 Å². The lowest BCUT2D eigenvalue weighted by Crippen LogP contribution is -2.41. The van der Waals surface area contributed by atoms with E-state index in [1.807, 2.05) is 0 Å². The van der Waals surface area contributed by atoms with Gasteiger partial charge < -0.3 is 4.43 Å². The van der Waals surface area contributed by atoms with E-state index in [0.717, 1.165) is 5.75 Å². The van der Waals surface area contributed by atoms with E-state index in [1.165, 1.54) is 68.8 Å². The van der Waals surface area contributed by atoms with Crippen molar-refractivity contribution in [3.8, 4) is 5.75 Å². The largest absolute Gasteiger partial charge is 0.543 e. The van der Waals surface area contributed by atoms with Crippen molar-refractivity contribution in [2.45, 2.75) is 77.4 Å². The van der Waals surface area contributed by atoms with Gasteiger partial charge >= 0.3 is 0 Å². The third-order valence-corrected chi connectivity index (χ3v) is 8.57. The first-order valence-corrected chi connectivity index (χ1v) is 11.1. The molecule has 0 saturated heterocycles. The van der Waals surface area contributed by atoms with Crippen LogP contribution in [0.1, 0.15) is 59.3 Å². The summed E-state index contributed by atoms with van der Waals surface area (Å²) in [5.41, 5.74) is 0. The molecular formula is C18H31FOSi. The van der Waals surface area contributed by atoms with Gasteiger partial charge in [-0.3, -0.25) is 0 Å². The second-order valence-electron chi connectivity index (χ2n) is 6.05. The maximum absolute atomic E-state index is 13.1. The van der Waals surface area contributed by atoms with Crippen LogP contribution in [0.25, 0.3) is 0 Å². The van der Waals surface area contributed by atoms with Crippen LogP contribution in [0.3, 0.4) is 0 Å². The predicted molar refractivity (Wildman–Crippen MR) is 91.9 cm³/mol. The molecule has 0 radical (unpaired) electrons. The highest BCUT2D eigenvalue weighted by molar-refractivity contribution is 6.74. The van der Waals surface area contributed by atoms with Crippen LogP contribution in [0.15, 0.2) is 24.3 Å². The SMILES string of the molecule is CCCC[Si](CCCC)(CCCC)Oc1ccc(F)cc1. The molecule has 0 aliphatic rings. The summed E-state index contributed by atoms with van der Waals surface area (Å²) in [6.45, 7) is 6.74. The molecule has 0 N–H and O–H groups in total. The Morgan fingerprint density at radius 1 is 0.810 bits per heavy atom. The first-order valence-electron chi connectivity index (χ1n) is 8.60. The van der Waals surface area contributed by atoms with Gasteiger partial charge in [0, 0.05) is 0 Å². The van der Waals surface area contributed by atoms with Crippen molar-refractivity contribution in [2.75, 3.05) is 0 Å². The molecule has 0 amide bonds. The molecule has 0 spiro atoms. The summed E-state index contributed by atoms with van der Waals surface area (Å²) >= 11 is 0. The average molecular weight is 311 g/mol. The van der Waals surface area contributed by atoms with Gasteiger partial charge in [0.15, 0.2) is 0 Å². The van der Waals surface area contributed by atoms with E-state index in [4.69, 9.17) is 4.43 Å². The van der Waals surface area contributed by atoms with E-state index < -0.39 is 8.32 Å². The number of hydrogen-bond donors (Lipinski definition) is 0. The normalized spacial score (nSPS) is 11.6. The predicted octanol–water partition coefficient (Wildman–Crippen LogP) is 6.55. The Kier molecular flexibility index (Phi) is 8.66. The van der Waals surface area contributed by atoms with E-state index >= 15 is 0 Å². The molecule has 1 rings (SSSR count). The Hall–Kier alpha value is -0.833. The molecule has 21 heavy (non-hydrogen) atoms. The smallest absolute Gasteiger partial charge is 0.251 e. The van der Waals surface area contributed by atoms with Gasteiger partial charge in [-0.25, -0.2) is 4.39 Å². The Balaban J connectivity index is 2.85. The van der Waals surface area contributed by atoms with Gasteiger partial charge in [-0.15, -0.1) is 0 Å². The monoisotopic (exact) mass is 310 g/mol. The summed E-state index contributed by atoms with van der Waals surface area (Å²) in [6.07, 6.45) is 7.42. The van der Waals surface area contributed by atoms with Crippen LogP contribution in [0, 0.1) is 5.82 Å². The molecule has 0 aliphatic carbocycles. The Labute approximate surface area is 131 Å². The lowest BCUT2D eigenvalue weighted by Gasteiger charge is -2.32. The van der Waals surface area contributed by atoms with Gasteiger partial charge in [0.25, 0.3) is 8.32 Å². The molecule has 0 atom stereocenters. The van der Waals surface area contributed by atoms with Gasteiger partial charge in [0.2, 0.25) is 0 Å². The maximum atomic E-state index is 13.1. The summed E-state index contributed by atoms with van der Waals surface area (Å²) in [5, 5.41) is 0.